The van der Waals surface area contributed by atoms with Crippen LogP contribution < -0.4 is 9.65 Å². The fourth-order valence-corrected chi connectivity index (χ4v) is 9.26. The van der Waals surface area contributed by atoms with Crippen LogP contribution in [0.25, 0.3) is 76.5 Å². The van der Waals surface area contributed by atoms with Gasteiger partial charge in [-0.15, -0.1) is 0 Å². The Labute approximate surface area is 395 Å². The first-order valence-corrected chi connectivity index (χ1v) is 22.8. The van der Waals surface area contributed by atoms with E-state index in [1.807, 2.05) is 103 Å². The average molecular weight is 1060 g/mol. The van der Waals surface area contributed by atoms with E-state index in [0.717, 1.165) is 77.8 Å². The highest BCUT2D eigenvalue weighted by molar-refractivity contribution is 9.11. The molecule has 0 radical (unpaired) electrons. The molecule has 0 bridgehead atoms. The van der Waals surface area contributed by atoms with Crippen molar-refractivity contribution in [2.45, 2.75) is 5.51 Å². The number of benzene rings is 8. The summed E-state index contributed by atoms with van der Waals surface area (Å²) < 4.78 is 87.2. The standard InChI is InChI=1S/C24H15BrO3.C13H8BrF3O5S.C12H9BO3/c1-27-24(26)19-13-20(25)14-7-2-3-9-16(14)22(19)18-11-6-10-17-15-8-4-5-12-21(15)28-23(17)18;1-21-12(18)9-6-10(14)7-4-2-3-5-8(7)11(9)22-23(19,20)13(15,16)17;14-13(15)10-6-3-5-9-8-4-1-2-7-11(8)16-12(9)10/h2-13H,1H3;2-6H,1H3;1-7,14-15H. The Balaban J connectivity index is 0.000000141. The van der Waals surface area contributed by atoms with Crippen molar-refractivity contribution in [3.05, 3.63) is 166 Å². The molecular weight excluding hydrogens is 1020 g/mol. The van der Waals surface area contributed by atoms with Gasteiger partial charge in [-0.25, -0.2) is 9.59 Å². The lowest BCUT2D eigenvalue weighted by Crippen LogP contribution is -2.29. The van der Waals surface area contributed by atoms with Crippen molar-refractivity contribution >= 4 is 132 Å². The zero-order valence-corrected chi connectivity index (χ0v) is 38.8. The third-order valence-electron chi connectivity index (χ3n) is 10.6. The summed E-state index contributed by atoms with van der Waals surface area (Å²) in [5, 5.41) is 24.8. The Morgan fingerprint density at radius 3 is 1.55 bits per heavy atom. The summed E-state index contributed by atoms with van der Waals surface area (Å²) in [6.07, 6.45) is 0. The molecule has 0 atom stereocenters. The molecule has 0 aliphatic carbocycles. The summed E-state index contributed by atoms with van der Waals surface area (Å²) in [4.78, 5) is 24.4. The smallest absolute Gasteiger partial charge is 0.465 e. The summed E-state index contributed by atoms with van der Waals surface area (Å²) >= 11 is 6.76. The van der Waals surface area contributed by atoms with Crippen LogP contribution in [0.1, 0.15) is 20.7 Å². The zero-order chi connectivity index (χ0) is 47.8. The molecule has 0 saturated heterocycles. The normalized spacial score (nSPS) is 11.6. The van der Waals surface area contributed by atoms with Gasteiger partial charge >= 0.3 is 34.7 Å². The van der Waals surface area contributed by atoms with Crippen molar-refractivity contribution in [2.24, 2.45) is 0 Å². The zero-order valence-electron chi connectivity index (χ0n) is 34.8. The van der Waals surface area contributed by atoms with E-state index >= 15 is 0 Å². The van der Waals surface area contributed by atoms with Crippen LogP contribution in [0.4, 0.5) is 13.2 Å². The number of para-hydroxylation sites is 4. The van der Waals surface area contributed by atoms with Crippen molar-refractivity contribution in [1.29, 1.82) is 0 Å². The summed E-state index contributed by atoms with van der Waals surface area (Å²) in [6, 6.07) is 43.8. The van der Waals surface area contributed by atoms with Gasteiger partial charge in [-0.05, 0) is 40.4 Å². The second kappa shape index (κ2) is 18.9. The molecule has 18 heteroatoms. The number of methoxy groups -OCH3 is 2. The highest BCUT2D eigenvalue weighted by Gasteiger charge is 2.49. The van der Waals surface area contributed by atoms with Crippen LogP contribution in [-0.2, 0) is 19.6 Å². The molecule has 0 aliphatic rings. The molecule has 2 N–H and O–H groups in total. The molecule has 2 heterocycles. The predicted molar refractivity (Wildman–Crippen MR) is 258 cm³/mol. The van der Waals surface area contributed by atoms with Gasteiger partial charge in [-0.3, -0.25) is 0 Å². The number of carbonyl (C=O) groups is 2. The summed E-state index contributed by atoms with van der Waals surface area (Å²) in [6.45, 7) is 0. The van der Waals surface area contributed by atoms with Gasteiger partial charge in [0, 0.05) is 52.5 Å². The maximum Gasteiger partial charge on any atom is 0.534 e. The number of esters is 2. The van der Waals surface area contributed by atoms with Gasteiger partial charge in [0.15, 0.2) is 5.75 Å². The Bertz CT molecular complexity index is 3670. The van der Waals surface area contributed by atoms with Gasteiger partial charge in [0.05, 0.1) is 19.8 Å². The van der Waals surface area contributed by atoms with E-state index in [9.17, 15) is 41.2 Å². The number of furan rings is 2. The first-order chi connectivity index (χ1) is 32.0. The topological polar surface area (TPSA) is 163 Å². The molecule has 2 aromatic heterocycles. The molecule has 0 spiro atoms. The predicted octanol–water partition coefficient (Wildman–Crippen LogP) is 11.8. The highest BCUT2D eigenvalue weighted by Crippen LogP contribution is 2.43. The number of alkyl halides is 3. The van der Waals surface area contributed by atoms with Gasteiger partial charge in [-0.2, -0.15) is 21.6 Å². The second-order valence-electron chi connectivity index (χ2n) is 14.5. The fraction of sp³-hybridized carbons (Fsp3) is 0.0612. The maximum absolute atomic E-state index is 12.6. The molecule has 67 heavy (non-hydrogen) atoms. The number of carbonyl (C=O) groups excluding carboxylic acids is 2. The lowest BCUT2D eigenvalue weighted by Gasteiger charge is -2.15. The number of fused-ring (bicyclic) bond motifs is 8. The number of ether oxygens (including phenoxy) is 2. The molecule has 11 nitrogen and oxygen atoms in total. The summed E-state index contributed by atoms with van der Waals surface area (Å²) in [5.41, 5.74) is -0.612. The molecule has 0 aliphatic heterocycles. The minimum Gasteiger partial charge on any atom is -0.465 e. The maximum atomic E-state index is 12.6. The Hall–Kier alpha value is -6.70. The molecule has 0 saturated carbocycles. The van der Waals surface area contributed by atoms with Crippen LogP contribution in [0, 0.1) is 0 Å². The molecule has 0 amide bonds. The Morgan fingerprint density at radius 2 is 1.00 bits per heavy atom. The van der Waals surface area contributed by atoms with E-state index in [4.69, 9.17) is 13.6 Å². The van der Waals surface area contributed by atoms with Crippen LogP contribution in [0.3, 0.4) is 0 Å². The average Bonchev–Trinajstić information content (AvgIpc) is 3.91. The highest BCUT2D eigenvalue weighted by atomic mass is 79.9. The van der Waals surface area contributed by atoms with E-state index in [-0.39, 0.29) is 11.4 Å². The van der Waals surface area contributed by atoms with Crippen molar-refractivity contribution in [2.75, 3.05) is 14.2 Å². The van der Waals surface area contributed by atoms with Crippen LogP contribution in [0.5, 0.6) is 5.75 Å². The number of hydrogen-bond donors (Lipinski definition) is 2. The van der Waals surface area contributed by atoms with Gasteiger partial charge in [0.25, 0.3) is 0 Å². The quantitative estimate of drug-likeness (QED) is 0.0705. The molecule has 10 rings (SSSR count). The van der Waals surface area contributed by atoms with Gasteiger partial charge < -0.3 is 32.5 Å². The van der Waals surface area contributed by atoms with Crippen molar-refractivity contribution < 1.29 is 63.7 Å². The fourth-order valence-electron chi connectivity index (χ4n) is 7.62. The van der Waals surface area contributed by atoms with E-state index in [0.29, 0.717) is 26.5 Å². The van der Waals surface area contributed by atoms with E-state index in [1.54, 1.807) is 18.2 Å². The summed E-state index contributed by atoms with van der Waals surface area (Å²) in [7, 11) is -5.05. The van der Waals surface area contributed by atoms with Crippen LogP contribution >= 0.6 is 31.9 Å². The van der Waals surface area contributed by atoms with Gasteiger partial charge in [0.1, 0.15) is 27.9 Å². The summed E-state index contributed by atoms with van der Waals surface area (Å²) in [5.74, 6) is -2.16. The molecule has 0 unspecified atom stereocenters. The first kappa shape index (κ1) is 46.8. The molecule has 338 valence electrons. The van der Waals surface area contributed by atoms with Gasteiger partial charge in [0.2, 0.25) is 0 Å². The second-order valence-corrected chi connectivity index (χ2v) is 17.8. The third-order valence-corrected chi connectivity index (χ3v) is 12.9. The molecule has 8 aromatic carbocycles. The minimum atomic E-state index is -5.94. The lowest BCUT2D eigenvalue weighted by molar-refractivity contribution is -0.0500. The van der Waals surface area contributed by atoms with E-state index < -0.39 is 40.0 Å². The number of hydrogen-bond acceptors (Lipinski definition) is 11. The first-order valence-electron chi connectivity index (χ1n) is 19.8. The third kappa shape index (κ3) is 8.98. The van der Waals surface area contributed by atoms with Crippen molar-refractivity contribution in [3.8, 4) is 16.9 Å². The SMILES string of the molecule is COC(=O)c1cc(Br)c2ccccc2c1-c1cccc2c1oc1ccccc12.COC(=O)c1cc(Br)c2ccccc2c1OS(=O)(=O)C(F)(F)F.OB(O)c1cccc2c1oc1ccccc12. The largest absolute Gasteiger partial charge is 0.534 e. The monoisotopic (exact) mass is 1050 g/mol. The lowest BCUT2D eigenvalue weighted by atomic mass is 9.79. The van der Waals surface area contributed by atoms with Crippen LogP contribution in [0.2, 0.25) is 0 Å². The van der Waals surface area contributed by atoms with Crippen molar-refractivity contribution in [1.82, 2.24) is 0 Å². The Morgan fingerprint density at radius 1 is 0.567 bits per heavy atom. The molecule has 0 fully saturated rings. The van der Waals surface area contributed by atoms with Crippen LogP contribution in [-0.4, -0.2) is 57.3 Å². The molecular formula is C49H32BBr2F3O11S. The van der Waals surface area contributed by atoms with Crippen molar-refractivity contribution in [3.63, 3.8) is 0 Å². The Kier molecular flexibility index (Phi) is 13.2. The number of rotatable bonds is 6. The van der Waals surface area contributed by atoms with Gasteiger partial charge in [-0.1, -0.05) is 153 Å². The van der Waals surface area contributed by atoms with E-state index in [1.165, 1.54) is 25.3 Å². The minimum absolute atomic E-state index is 0.00935. The van der Waals surface area contributed by atoms with Crippen LogP contribution in [0.15, 0.2) is 163 Å². The number of halogens is 5. The molecule has 10 aromatic rings. The van der Waals surface area contributed by atoms with E-state index in [2.05, 4.69) is 40.8 Å².